The van der Waals surface area contributed by atoms with E-state index in [0.29, 0.717) is 50.5 Å². The molecular weight excluding hydrogens is 430 g/mol. The number of nitrogens with one attached hydrogen (secondary N) is 2. The molecule has 1 atom stereocenters. The monoisotopic (exact) mass is 463 g/mol. The van der Waals surface area contributed by atoms with E-state index in [-0.39, 0.29) is 24.7 Å². The molecule has 2 aliphatic heterocycles. The van der Waals surface area contributed by atoms with Crippen molar-refractivity contribution in [3.63, 3.8) is 0 Å². The fraction of sp³-hybridized carbons (Fsp3) is 0.591. The maximum absolute atomic E-state index is 13.0. The predicted octanol–water partition coefficient (Wildman–Crippen LogP) is 2.39. The van der Waals surface area contributed by atoms with Gasteiger partial charge in [-0.25, -0.2) is 14.4 Å². The molecule has 0 aromatic carbocycles. The molecule has 3 rings (SSSR count). The van der Waals surface area contributed by atoms with Gasteiger partial charge in [-0.15, -0.1) is 0 Å². The first-order chi connectivity index (χ1) is 15.3. The highest BCUT2D eigenvalue weighted by Crippen LogP contribution is 2.33. The van der Waals surface area contributed by atoms with Gasteiger partial charge in [0.05, 0.1) is 18.2 Å². The van der Waals surface area contributed by atoms with Crippen molar-refractivity contribution in [3.8, 4) is 0 Å². The average molecular weight is 464 g/mol. The summed E-state index contributed by atoms with van der Waals surface area (Å²) in [6.45, 7) is 11.2. The molecule has 0 unspecified atom stereocenters. The van der Waals surface area contributed by atoms with Gasteiger partial charge in [0.15, 0.2) is 0 Å². The third-order valence-corrected chi connectivity index (χ3v) is 6.27. The Hall–Kier alpha value is -2.59. The van der Waals surface area contributed by atoms with Gasteiger partial charge < -0.3 is 20.3 Å². The molecule has 0 saturated carbocycles. The Morgan fingerprint density at radius 2 is 1.97 bits per heavy atom. The summed E-state index contributed by atoms with van der Waals surface area (Å²) in [5.41, 5.74) is 2.02. The van der Waals surface area contributed by atoms with Crippen LogP contribution in [0.5, 0.6) is 0 Å². The zero-order chi connectivity index (χ0) is 23.3. The summed E-state index contributed by atoms with van der Waals surface area (Å²) in [5.74, 6) is -0.410. The third kappa shape index (κ3) is 5.42. The number of likely N-dealkylation sites (N-methyl/N-ethyl adjacent to an activating group) is 1. The van der Waals surface area contributed by atoms with Crippen LogP contribution in [0.25, 0.3) is 0 Å². The quantitative estimate of drug-likeness (QED) is 0.606. The second kappa shape index (κ2) is 10.8. The molecule has 2 aliphatic rings. The van der Waals surface area contributed by atoms with E-state index in [0.717, 1.165) is 5.56 Å². The van der Waals surface area contributed by atoms with E-state index >= 15 is 0 Å². The molecule has 10 heteroatoms. The SMILES string of the molecule is CCOC(=O)C1=C(CN2CCN(C(=O)NC(C)C)CC2)N(CC)C(=O)N[C@H]1c1ccsc1. The lowest BCUT2D eigenvalue weighted by Crippen LogP contribution is -2.55. The largest absolute Gasteiger partial charge is 0.463 e. The van der Waals surface area contributed by atoms with Gasteiger partial charge in [0.2, 0.25) is 0 Å². The highest BCUT2D eigenvalue weighted by molar-refractivity contribution is 7.08. The summed E-state index contributed by atoms with van der Waals surface area (Å²) >= 11 is 1.52. The van der Waals surface area contributed by atoms with Crippen molar-refractivity contribution in [1.82, 2.24) is 25.3 Å². The molecule has 9 nitrogen and oxygen atoms in total. The van der Waals surface area contributed by atoms with Crippen molar-refractivity contribution in [2.45, 2.75) is 39.8 Å². The fourth-order valence-corrected chi connectivity index (χ4v) is 4.69. The lowest BCUT2D eigenvalue weighted by molar-refractivity contribution is -0.139. The van der Waals surface area contributed by atoms with Crippen LogP contribution in [0, 0.1) is 0 Å². The molecule has 0 aliphatic carbocycles. The molecule has 1 saturated heterocycles. The van der Waals surface area contributed by atoms with Crippen LogP contribution in [-0.2, 0) is 9.53 Å². The molecule has 1 aromatic heterocycles. The maximum atomic E-state index is 13.0. The van der Waals surface area contributed by atoms with Crippen LogP contribution in [0.1, 0.15) is 39.3 Å². The Morgan fingerprint density at radius 3 is 2.53 bits per heavy atom. The molecular formula is C22H33N5O4S. The Balaban J connectivity index is 1.85. The number of thiophene rings is 1. The molecule has 0 spiro atoms. The van der Waals surface area contributed by atoms with Crippen LogP contribution in [0.4, 0.5) is 9.59 Å². The molecule has 0 bridgehead atoms. The van der Waals surface area contributed by atoms with Crippen LogP contribution >= 0.6 is 11.3 Å². The van der Waals surface area contributed by atoms with E-state index in [1.807, 2.05) is 37.6 Å². The minimum absolute atomic E-state index is 0.0594. The number of ether oxygens (including phenoxy) is 1. The molecule has 0 radical (unpaired) electrons. The van der Waals surface area contributed by atoms with Crippen molar-refractivity contribution < 1.29 is 19.1 Å². The summed E-state index contributed by atoms with van der Waals surface area (Å²) in [4.78, 5) is 43.8. The summed E-state index contributed by atoms with van der Waals surface area (Å²) in [6.07, 6.45) is 0. The minimum Gasteiger partial charge on any atom is -0.463 e. The lowest BCUT2D eigenvalue weighted by atomic mass is 9.96. The van der Waals surface area contributed by atoms with Crippen molar-refractivity contribution in [2.75, 3.05) is 45.9 Å². The highest BCUT2D eigenvalue weighted by Gasteiger charge is 2.38. The number of nitrogens with zero attached hydrogens (tertiary/aromatic N) is 3. The van der Waals surface area contributed by atoms with Crippen LogP contribution in [0.3, 0.4) is 0 Å². The van der Waals surface area contributed by atoms with E-state index in [9.17, 15) is 14.4 Å². The zero-order valence-corrected chi connectivity index (χ0v) is 20.0. The molecule has 1 aromatic rings. The molecule has 3 heterocycles. The standard InChI is InChI=1S/C22H33N5O4S/c1-5-27-17(13-25-8-10-26(11-9-25)21(29)23-15(3)4)18(20(28)31-6-2)19(24-22(27)30)16-7-12-32-14-16/h7,12,14-15,19H,5-6,8-11,13H2,1-4H3,(H,23,29)(H,24,30)/t19-/m0/s1. The first-order valence-electron chi connectivity index (χ1n) is 11.1. The Labute approximate surface area is 193 Å². The fourth-order valence-electron chi connectivity index (χ4n) is 4.01. The van der Waals surface area contributed by atoms with Gasteiger partial charge in [-0.2, -0.15) is 11.3 Å². The summed E-state index contributed by atoms with van der Waals surface area (Å²) in [7, 11) is 0. The van der Waals surface area contributed by atoms with E-state index in [1.165, 1.54) is 11.3 Å². The summed E-state index contributed by atoms with van der Waals surface area (Å²) in [6, 6.07) is 1.19. The van der Waals surface area contributed by atoms with Crippen molar-refractivity contribution in [3.05, 3.63) is 33.7 Å². The topological polar surface area (TPSA) is 94.2 Å². The smallest absolute Gasteiger partial charge is 0.338 e. The molecule has 1 fully saturated rings. The van der Waals surface area contributed by atoms with Crippen LogP contribution in [0.15, 0.2) is 28.1 Å². The van der Waals surface area contributed by atoms with Gasteiger partial charge in [-0.3, -0.25) is 9.80 Å². The van der Waals surface area contributed by atoms with Crippen LogP contribution in [0.2, 0.25) is 0 Å². The first-order valence-corrected chi connectivity index (χ1v) is 12.1. The van der Waals surface area contributed by atoms with Crippen molar-refractivity contribution >= 4 is 29.4 Å². The predicted molar refractivity (Wildman–Crippen MR) is 123 cm³/mol. The minimum atomic E-state index is -0.538. The Kier molecular flexibility index (Phi) is 8.14. The van der Waals surface area contributed by atoms with Gasteiger partial charge in [0.1, 0.15) is 0 Å². The number of rotatable bonds is 7. The number of hydrogen-bond donors (Lipinski definition) is 2. The normalized spacial score (nSPS) is 19.9. The van der Waals surface area contributed by atoms with E-state index in [1.54, 1.807) is 16.7 Å². The Morgan fingerprint density at radius 1 is 1.25 bits per heavy atom. The zero-order valence-electron chi connectivity index (χ0n) is 19.2. The third-order valence-electron chi connectivity index (χ3n) is 5.57. The number of carbonyl (C=O) groups is 3. The number of urea groups is 2. The summed E-state index contributed by atoms with van der Waals surface area (Å²) < 4.78 is 5.39. The van der Waals surface area contributed by atoms with Gasteiger partial charge in [-0.05, 0) is 50.1 Å². The van der Waals surface area contributed by atoms with Gasteiger partial charge in [-0.1, -0.05) is 0 Å². The summed E-state index contributed by atoms with van der Waals surface area (Å²) in [5, 5.41) is 9.77. The molecule has 4 amide bonds. The van der Waals surface area contributed by atoms with Gasteiger partial charge >= 0.3 is 18.0 Å². The highest BCUT2D eigenvalue weighted by atomic mass is 32.1. The number of amides is 4. The van der Waals surface area contributed by atoms with E-state index < -0.39 is 12.0 Å². The van der Waals surface area contributed by atoms with Gasteiger partial charge in [0.25, 0.3) is 0 Å². The van der Waals surface area contributed by atoms with Crippen LogP contribution < -0.4 is 10.6 Å². The Bertz CT molecular complexity index is 847. The lowest BCUT2D eigenvalue weighted by Gasteiger charge is -2.40. The van der Waals surface area contributed by atoms with Gasteiger partial charge in [0, 0.05) is 51.0 Å². The van der Waals surface area contributed by atoms with Crippen LogP contribution in [-0.4, -0.2) is 84.6 Å². The van der Waals surface area contributed by atoms with E-state index in [4.69, 9.17) is 4.74 Å². The second-order valence-corrected chi connectivity index (χ2v) is 8.91. The number of esters is 1. The molecule has 2 N–H and O–H groups in total. The number of carbonyl (C=O) groups excluding carboxylic acids is 3. The van der Waals surface area contributed by atoms with Crippen molar-refractivity contribution in [2.24, 2.45) is 0 Å². The maximum Gasteiger partial charge on any atom is 0.338 e. The molecule has 176 valence electrons. The van der Waals surface area contributed by atoms with E-state index in [2.05, 4.69) is 15.5 Å². The number of piperazine rings is 1. The first kappa shape index (κ1) is 24.1. The average Bonchev–Trinajstić information content (AvgIpc) is 3.28. The second-order valence-electron chi connectivity index (χ2n) is 8.13. The van der Waals surface area contributed by atoms with Crippen molar-refractivity contribution in [1.29, 1.82) is 0 Å². The molecule has 32 heavy (non-hydrogen) atoms. The number of hydrogen-bond acceptors (Lipinski definition) is 6.